The van der Waals surface area contributed by atoms with Gasteiger partial charge in [0.05, 0.1) is 6.10 Å². The van der Waals surface area contributed by atoms with Gasteiger partial charge in [-0.2, -0.15) is 0 Å². The topological polar surface area (TPSA) is 121 Å². The van der Waals surface area contributed by atoms with Crippen molar-refractivity contribution in [1.29, 1.82) is 0 Å². The van der Waals surface area contributed by atoms with Crippen LogP contribution < -0.4 is 10.6 Å². The number of ether oxygens (including phenoxy) is 1. The Balaban J connectivity index is 2.65. The van der Waals surface area contributed by atoms with Crippen molar-refractivity contribution in [3.8, 4) is 0 Å². The molecule has 0 aromatic carbocycles. The first-order chi connectivity index (χ1) is 10.3. The molecule has 0 saturated carbocycles. The summed E-state index contributed by atoms with van der Waals surface area (Å²) in [5.74, 6) is -1.45. The third-order valence-electron chi connectivity index (χ3n) is 3.04. The number of esters is 1. The maximum Gasteiger partial charge on any atom is 0.355 e. The number of aryl methyl sites for hydroxylation is 1. The van der Waals surface area contributed by atoms with Gasteiger partial charge in [0, 0.05) is 17.8 Å². The Hall–Kier alpha value is -2.35. The van der Waals surface area contributed by atoms with E-state index in [2.05, 4.69) is 10.3 Å². The summed E-state index contributed by atoms with van der Waals surface area (Å²) in [6.07, 6.45) is -0.723. The number of aromatic nitrogens is 1. The first-order valence-electron chi connectivity index (χ1n) is 6.89. The lowest BCUT2D eigenvalue weighted by atomic mass is 10.1. The highest BCUT2D eigenvalue weighted by Crippen LogP contribution is 2.24. The van der Waals surface area contributed by atoms with Gasteiger partial charge in [-0.25, -0.2) is 9.59 Å². The first-order valence-corrected chi connectivity index (χ1v) is 6.89. The Kier molecular flexibility index (Phi) is 6.11. The van der Waals surface area contributed by atoms with Crippen LogP contribution in [0.15, 0.2) is 0 Å². The number of amides is 3. The molecule has 4 N–H and O–H groups in total. The van der Waals surface area contributed by atoms with E-state index in [-0.39, 0.29) is 5.69 Å². The van der Waals surface area contributed by atoms with Gasteiger partial charge < -0.3 is 20.1 Å². The third-order valence-corrected chi connectivity index (χ3v) is 3.04. The van der Waals surface area contributed by atoms with Crippen molar-refractivity contribution in [3.63, 3.8) is 0 Å². The predicted molar refractivity (Wildman–Crippen MR) is 78.4 cm³/mol. The number of carbonyl (C=O) groups is 3. The fraction of sp³-hybridized carbons (Fsp3) is 0.500. The molecule has 0 radical (unpaired) electrons. The number of rotatable bonds is 5. The van der Waals surface area contributed by atoms with Gasteiger partial charge in [0.2, 0.25) is 0 Å². The van der Waals surface area contributed by atoms with Crippen LogP contribution in [-0.2, 0) is 9.53 Å². The van der Waals surface area contributed by atoms with Crippen molar-refractivity contribution >= 4 is 17.9 Å². The monoisotopic (exact) mass is 311 g/mol. The highest BCUT2D eigenvalue weighted by molar-refractivity contribution is 5.97. The van der Waals surface area contributed by atoms with Crippen LogP contribution in [0.1, 0.15) is 47.3 Å². The van der Waals surface area contributed by atoms with Crippen molar-refractivity contribution in [2.45, 2.75) is 33.8 Å². The number of H-pyrrole nitrogens is 1. The van der Waals surface area contributed by atoms with Crippen LogP contribution in [0, 0.1) is 13.8 Å². The van der Waals surface area contributed by atoms with E-state index >= 15 is 0 Å². The van der Waals surface area contributed by atoms with Gasteiger partial charge in [-0.3, -0.25) is 10.1 Å². The summed E-state index contributed by atoms with van der Waals surface area (Å²) < 4.78 is 4.85. The molecule has 0 unspecified atom stereocenters. The average Bonchev–Trinajstić information content (AvgIpc) is 2.71. The molecule has 3 amide bonds. The van der Waals surface area contributed by atoms with Crippen LogP contribution in [0.25, 0.3) is 0 Å². The molecule has 0 bridgehead atoms. The maximum absolute atomic E-state index is 12.0. The van der Waals surface area contributed by atoms with Crippen LogP contribution in [0.3, 0.4) is 0 Å². The van der Waals surface area contributed by atoms with Crippen LogP contribution in [0.4, 0.5) is 4.79 Å². The van der Waals surface area contributed by atoms with E-state index < -0.39 is 30.6 Å². The smallest absolute Gasteiger partial charge is 0.355 e. The van der Waals surface area contributed by atoms with Crippen LogP contribution >= 0.6 is 0 Å². The molecule has 1 rings (SSSR count). The number of hydrogen-bond acceptors (Lipinski definition) is 5. The zero-order valence-corrected chi connectivity index (χ0v) is 13.1. The lowest BCUT2D eigenvalue weighted by Gasteiger charge is -2.07. The Morgan fingerprint density at radius 3 is 2.45 bits per heavy atom. The molecule has 0 aliphatic rings. The van der Waals surface area contributed by atoms with E-state index in [1.165, 1.54) is 0 Å². The minimum atomic E-state index is -0.726. The molecule has 8 heteroatoms. The van der Waals surface area contributed by atoms with E-state index in [0.717, 1.165) is 0 Å². The van der Waals surface area contributed by atoms with E-state index in [0.29, 0.717) is 23.4 Å². The number of aromatic amines is 1. The van der Waals surface area contributed by atoms with Crippen molar-refractivity contribution in [2.24, 2.45) is 0 Å². The molecule has 0 aliphatic carbocycles. The number of hydrogen-bond donors (Lipinski definition) is 4. The molecule has 0 saturated heterocycles. The fourth-order valence-electron chi connectivity index (χ4n) is 2.17. The third kappa shape index (κ3) is 4.32. The minimum absolute atomic E-state index is 0.180. The summed E-state index contributed by atoms with van der Waals surface area (Å²) in [4.78, 5) is 37.3. The fourth-order valence-corrected chi connectivity index (χ4v) is 2.17. The molecule has 1 heterocycles. The Morgan fingerprint density at radius 2 is 1.95 bits per heavy atom. The normalized spacial score (nSPS) is 11.7. The van der Waals surface area contributed by atoms with Gasteiger partial charge in [-0.15, -0.1) is 0 Å². The summed E-state index contributed by atoms with van der Waals surface area (Å²) in [5, 5.41) is 14.1. The van der Waals surface area contributed by atoms with Crippen molar-refractivity contribution < 1.29 is 24.2 Å². The number of urea groups is 1. The summed E-state index contributed by atoms with van der Waals surface area (Å²) in [6.45, 7) is 6.52. The van der Waals surface area contributed by atoms with Gasteiger partial charge in [-0.1, -0.05) is 0 Å². The lowest BCUT2D eigenvalue weighted by molar-refractivity contribution is -0.123. The minimum Gasteiger partial charge on any atom is -0.451 e. The molecule has 0 spiro atoms. The Labute approximate surface area is 128 Å². The molecule has 22 heavy (non-hydrogen) atoms. The van der Waals surface area contributed by atoms with Gasteiger partial charge in [0.1, 0.15) is 5.69 Å². The predicted octanol–water partition coefficient (Wildman–Crippen LogP) is 0.687. The Morgan fingerprint density at radius 1 is 1.32 bits per heavy atom. The number of carbonyl (C=O) groups excluding carboxylic acids is 3. The van der Waals surface area contributed by atoms with Crippen LogP contribution in [0.5, 0.6) is 0 Å². The van der Waals surface area contributed by atoms with Crippen molar-refractivity contribution in [2.75, 3.05) is 13.2 Å². The van der Waals surface area contributed by atoms with Gasteiger partial charge >= 0.3 is 12.0 Å². The number of aliphatic hydroxyl groups excluding tert-OH is 1. The molecule has 122 valence electrons. The zero-order chi connectivity index (χ0) is 16.9. The summed E-state index contributed by atoms with van der Waals surface area (Å²) >= 11 is 0. The second-order valence-electron chi connectivity index (χ2n) is 4.82. The van der Waals surface area contributed by atoms with Crippen molar-refractivity contribution in [3.05, 3.63) is 22.5 Å². The first kappa shape index (κ1) is 17.7. The van der Waals surface area contributed by atoms with Gasteiger partial charge in [0.25, 0.3) is 5.91 Å². The van der Waals surface area contributed by atoms with Gasteiger partial charge in [0.15, 0.2) is 6.61 Å². The lowest BCUT2D eigenvalue weighted by Crippen LogP contribution is -2.41. The standard InChI is InChI=1S/C14H21N3O5/c1-5-15-14(21)17-10(19)6-22-13(20)12-7(2)11(9(4)18)8(3)16-12/h9,16,18H,5-6H2,1-4H3,(H2,15,17,19,21)/t9-/m0/s1. The SMILES string of the molecule is CCNC(=O)NC(=O)COC(=O)c1[nH]c(C)c([C@H](C)O)c1C. The number of nitrogens with one attached hydrogen (secondary N) is 3. The number of aliphatic hydroxyl groups is 1. The average molecular weight is 311 g/mol. The molecular formula is C14H21N3O5. The van der Waals surface area contributed by atoms with Gasteiger partial charge in [-0.05, 0) is 33.3 Å². The molecule has 0 aliphatic heterocycles. The number of imide groups is 1. The quantitative estimate of drug-likeness (QED) is 0.596. The van der Waals surface area contributed by atoms with E-state index in [1.807, 2.05) is 5.32 Å². The summed E-state index contributed by atoms with van der Waals surface area (Å²) in [5.41, 5.74) is 2.03. The van der Waals surface area contributed by atoms with Crippen molar-refractivity contribution in [1.82, 2.24) is 15.6 Å². The summed E-state index contributed by atoms with van der Waals surface area (Å²) in [6, 6.07) is -0.646. The Bertz CT molecular complexity index is 577. The maximum atomic E-state index is 12.0. The second-order valence-corrected chi connectivity index (χ2v) is 4.82. The molecule has 1 atom stereocenters. The molecule has 1 aromatic heterocycles. The molecule has 8 nitrogen and oxygen atoms in total. The zero-order valence-electron chi connectivity index (χ0n) is 13.1. The van der Waals surface area contributed by atoms with E-state index in [4.69, 9.17) is 4.74 Å². The highest BCUT2D eigenvalue weighted by Gasteiger charge is 2.21. The summed E-state index contributed by atoms with van der Waals surface area (Å²) in [7, 11) is 0. The molecule has 1 aromatic rings. The highest BCUT2D eigenvalue weighted by atomic mass is 16.5. The second kappa shape index (κ2) is 7.60. The molecular weight excluding hydrogens is 290 g/mol. The largest absolute Gasteiger partial charge is 0.451 e. The van der Waals surface area contributed by atoms with E-state index in [1.54, 1.807) is 27.7 Å². The molecule has 0 fully saturated rings. The van der Waals surface area contributed by atoms with E-state index in [9.17, 15) is 19.5 Å². The van der Waals surface area contributed by atoms with Crippen LogP contribution in [-0.4, -0.2) is 41.1 Å². The van der Waals surface area contributed by atoms with Crippen LogP contribution in [0.2, 0.25) is 0 Å².